The Labute approximate surface area is 146 Å². The third-order valence-electron chi connectivity index (χ3n) is 2.78. The highest BCUT2D eigenvalue weighted by Gasteiger charge is 2.00. The van der Waals surface area contributed by atoms with E-state index >= 15 is 0 Å². The minimum Gasteiger partial charge on any atom is -0.357 e. The van der Waals surface area contributed by atoms with Crippen LogP contribution >= 0.6 is 35.3 Å². The van der Waals surface area contributed by atoms with Crippen LogP contribution in [-0.4, -0.2) is 28.8 Å². The van der Waals surface area contributed by atoms with Gasteiger partial charge in [0.25, 0.3) is 0 Å². The number of aryl methyl sites for hydroxylation is 1. The zero-order chi connectivity index (χ0) is 14.2. The lowest BCUT2D eigenvalue weighted by atomic mass is 10.2. The van der Waals surface area contributed by atoms with Crippen molar-refractivity contribution < 1.29 is 0 Å². The molecule has 0 amide bonds. The third kappa shape index (κ3) is 6.47. The van der Waals surface area contributed by atoms with Gasteiger partial charge in [0.1, 0.15) is 0 Å². The lowest BCUT2D eigenvalue weighted by Crippen LogP contribution is -2.38. The second-order valence-electron chi connectivity index (χ2n) is 4.47. The molecule has 7 heteroatoms. The predicted octanol–water partition coefficient (Wildman–Crippen LogP) is 2.40. The van der Waals surface area contributed by atoms with Gasteiger partial charge < -0.3 is 10.6 Å². The number of aliphatic imine (C=N–C) groups is 1. The number of hydrogen-bond acceptors (Lipinski definition) is 3. The fraction of sp³-hybridized carbons (Fsp3) is 0.429. The van der Waals surface area contributed by atoms with E-state index in [0.717, 1.165) is 32.0 Å². The molecule has 2 N–H and O–H groups in total. The molecule has 116 valence electrons. The van der Waals surface area contributed by atoms with Crippen molar-refractivity contribution in [2.24, 2.45) is 12.0 Å². The molecule has 0 spiro atoms. The zero-order valence-corrected chi connectivity index (χ0v) is 15.5. The molecule has 0 atom stereocenters. The van der Waals surface area contributed by atoms with Crippen LogP contribution in [-0.2, 0) is 20.0 Å². The summed E-state index contributed by atoms with van der Waals surface area (Å²) >= 11 is 1.73. The van der Waals surface area contributed by atoms with Crippen LogP contribution in [0.2, 0.25) is 0 Å². The number of nitrogens with one attached hydrogen (secondary N) is 2. The third-order valence-corrected chi connectivity index (χ3v) is 3.64. The van der Waals surface area contributed by atoms with Gasteiger partial charge in [-0.3, -0.25) is 4.68 Å². The standard InChI is InChI=1S/C14H21N5S.HI/c1-3-15-14(17-10-13-5-4-8-20-13)16-7-6-12-9-18-19(2)11-12;/h4-5,8-9,11H,3,6-7,10H2,1-2H3,(H2,15,16,17);1H. The van der Waals surface area contributed by atoms with Crippen LogP contribution < -0.4 is 10.6 Å². The molecule has 0 radical (unpaired) electrons. The second-order valence-corrected chi connectivity index (χ2v) is 5.51. The van der Waals surface area contributed by atoms with Crippen molar-refractivity contribution in [3.63, 3.8) is 0 Å². The highest BCUT2D eigenvalue weighted by molar-refractivity contribution is 14.0. The van der Waals surface area contributed by atoms with Crippen LogP contribution in [0, 0.1) is 0 Å². The minimum atomic E-state index is 0. The SMILES string of the molecule is CCNC(=NCc1cccs1)NCCc1cnn(C)c1.I. The van der Waals surface area contributed by atoms with E-state index in [1.165, 1.54) is 10.4 Å². The Morgan fingerprint density at radius 1 is 1.43 bits per heavy atom. The molecular formula is C14H22IN5S. The Morgan fingerprint density at radius 2 is 2.29 bits per heavy atom. The molecule has 5 nitrogen and oxygen atoms in total. The molecule has 0 saturated carbocycles. The maximum absolute atomic E-state index is 4.58. The number of hydrogen-bond donors (Lipinski definition) is 2. The summed E-state index contributed by atoms with van der Waals surface area (Å²) < 4.78 is 1.82. The Hall–Kier alpha value is -1.09. The highest BCUT2D eigenvalue weighted by Crippen LogP contribution is 2.09. The summed E-state index contributed by atoms with van der Waals surface area (Å²) in [4.78, 5) is 5.85. The largest absolute Gasteiger partial charge is 0.357 e. The average Bonchev–Trinajstić information content (AvgIpc) is 3.08. The van der Waals surface area contributed by atoms with Crippen molar-refractivity contribution in [2.45, 2.75) is 19.9 Å². The molecule has 2 aromatic heterocycles. The second kappa shape index (κ2) is 9.78. The van der Waals surface area contributed by atoms with Crippen molar-refractivity contribution >= 4 is 41.3 Å². The molecule has 0 unspecified atom stereocenters. The van der Waals surface area contributed by atoms with Crippen LogP contribution in [0.3, 0.4) is 0 Å². The van der Waals surface area contributed by atoms with E-state index in [2.05, 4.69) is 45.2 Å². The highest BCUT2D eigenvalue weighted by atomic mass is 127. The van der Waals surface area contributed by atoms with Crippen molar-refractivity contribution in [1.29, 1.82) is 0 Å². The van der Waals surface area contributed by atoms with E-state index in [0.29, 0.717) is 0 Å². The Morgan fingerprint density at radius 3 is 2.90 bits per heavy atom. The first-order valence-corrected chi connectivity index (χ1v) is 7.68. The first-order chi connectivity index (χ1) is 9.78. The fourth-order valence-corrected chi connectivity index (χ4v) is 2.46. The van der Waals surface area contributed by atoms with Gasteiger partial charge >= 0.3 is 0 Å². The zero-order valence-electron chi connectivity index (χ0n) is 12.4. The average molecular weight is 419 g/mol. The molecule has 0 aliphatic carbocycles. The lowest BCUT2D eigenvalue weighted by molar-refractivity contribution is 0.765. The van der Waals surface area contributed by atoms with Gasteiger partial charge in [0, 0.05) is 31.2 Å². The summed E-state index contributed by atoms with van der Waals surface area (Å²) in [5.41, 5.74) is 1.23. The molecule has 0 bridgehead atoms. The van der Waals surface area contributed by atoms with E-state index in [4.69, 9.17) is 0 Å². The van der Waals surface area contributed by atoms with Crippen LogP contribution in [0.1, 0.15) is 17.4 Å². The van der Waals surface area contributed by atoms with Gasteiger partial charge in [0.15, 0.2) is 5.96 Å². The van der Waals surface area contributed by atoms with Crippen molar-refractivity contribution in [1.82, 2.24) is 20.4 Å². The predicted molar refractivity (Wildman–Crippen MR) is 99.5 cm³/mol. The van der Waals surface area contributed by atoms with Crippen molar-refractivity contribution in [2.75, 3.05) is 13.1 Å². The van der Waals surface area contributed by atoms with Crippen molar-refractivity contribution in [3.05, 3.63) is 40.3 Å². The Kier molecular flexibility index (Phi) is 8.36. The first-order valence-electron chi connectivity index (χ1n) is 6.80. The number of nitrogens with zero attached hydrogens (tertiary/aromatic N) is 3. The minimum absolute atomic E-state index is 0. The van der Waals surface area contributed by atoms with E-state index < -0.39 is 0 Å². The molecule has 0 fully saturated rings. The molecule has 2 aromatic rings. The van der Waals surface area contributed by atoms with E-state index in [1.807, 2.05) is 24.1 Å². The summed E-state index contributed by atoms with van der Waals surface area (Å²) in [7, 11) is 1.93. The lowest BCUT2D eigenvalue weighted by Gasteiger charge is -2.10. The van der Waals surface area contributed by atoms with Crippen molar-refractivity contribution in [3.8, 4) is 0 Å². The number of halogens is 1. The maximum atomic E-state index is 4.58. The quantitative estimate of drug-likeness (QED) is 0.430. The molecule has 2 heterocycles. The smallest absolute Gasteiger partial charge is 0.191 e. The molecule has 0 aliphatic heterocycles. The molecule has 21 heavy (non-hydrogen) atoms. The molecule has 2 rings (SSSR count). The van der Waals surface area contributed by atoms with Gasteiger partial charge in [-0.05, 0) is 30.4 Å². The van der Waals surface area contributed by atoms with Crippen LogP contribution in [0.15, 0.2) is 34.9 Å². The number of thiophene rings is 1. The molecular weight excluding hydrogens is 397 g/mol. The molecule has 0 aromatic carbocycles. The Bertz CT molecular complexity index is 535. The summed E-state index contributed by atoms with van der Waals surface area (Å²) in [5.74, 6) is 0.866. The fourth-order valence-electron chi connectivity index (χ4n) is 1.83. The summed E-state index contributed by atoms with van der Waals surface area (Å²) in [5, 5.41) is 12.8. The van der Waals surface area contributed by atoms with Gasteiger partial charge in [-0.15, -0.1) is 35.3 Å². The van der Waals surface area contributed by atoms with Gasteiger partial charge in [0.05, 0.1) is 12.7 Å². The van der Waals surface area contributed by atoms with Gasteiger partial charge in [-0.2, -0.15) is 5.10 Å². The van der Waals surface area contributed by atoms with E-state index in [9.17, 15) is 0 Å². The first kappa shape index (κ1) is 18.0. The van der Waals surface area contributed by atoms with Gasteiger partial charge in [0.2, 0.25) is 0 Å². The number of guanidine groups is 1. The van der Waals surface area contributed by atoms with Crippen LogP contribution in [0.4, 0.5) is 0 Å². The van der Waals surface area contributed by atoms with E-state index in [-0.39, 0.29) is 24.0 Å². The van der Waals surface area contributed by atoms with Crippen LogP contribution in [0.5, 0.6) is 0 Å². The maximum Gasteiger partial charge on any atom is 0.191 e. The van der Waals surface area contributed by atoms with E-state index in [1.54, 1.807) is 11.3 Å². The van der Waals surface area contributed by atoms with Gasteiger partial charge in [-0.1, -0.05) is 6.07 Å². The topological polar surface area (TPSA) is 54.2 Å². The molecule has 0 aliphatic rings. The molecule has 0 saturated heterocycles. The summed E-state index contributed by atoms with van der Waals surface area (Å²) in [6, 6.07) is 4.16. The van der Waals surface area contributed by atoms with Crippen LogP contribution in [0.25, 0.3) is 0 Å². The normalized spacial score (nSPS) is 11.0. The number of rotatable bonds is 6. The van der Waals surface area contributed by atoms with Gasteiger partial charge in [-0.25, -0.2) is 4.99 Å². The summed E-state index contributed by atoms with van der Waals surface area (Å²) in [6.07, 6.45) is 4.88. The summed E-state index contributed by atoms with van der Waals surface area (Å²) in [6.45, 7) is 4.51. The monoisotopic (exact) mass is 419 g/mol. The Balaban J connectivity index is 0.00000220. The number of aromatic nitrogens is 2.